The molecular formula is C10H13N2O4P. The van der Waals surface area contributed by atoms with Gasteiger partial charge in [-0.25, -0.2) is 4.57 Å². The van der Waals surface area contributed by atoms with Crippen molar-refractivity contribution in [3.63, 3.8) is 0 Å². The van der Waals surface area contributed by atoms with Crippen molar-refractivity contribution in [2.24, 2.45) is 5.73 Å². The summed E-state index contributed by atoms with van der Waals surface area (Å²) in [5.74, 6) is 5.40. The molecule has 92 valence electrons. The summed E-state index contributed by atoms with van der Waals surface area (Å²) in [5, 5.41) is 0. The van der Waals surface area contributed by atoms with Crippen LogP contribution in [0.2, 0.25) is 0 Å². The summed E-state index contributed by atoms with van der Waals surface area (Å²) in [7, 11) is -4.49. The van der Waals surface area contributed by atoms with Crippen molar-refractivity contribution < 1.29 is 18.9 Å². The standard InChI is InChI=1S/C10H13N2O4P/c11-5-1-2-8-6-10(12)4-3-9(8)7-16-17(13,14)15/h3-4,6H,5,7,11-12H2,(H2,13,14,15). The zero-order valence-corrected chi connectivity index (χ0v) is 9.85. The fourth-order valence-corrected chi connectivity index (χ4v) is 1.44. The minimum atomic E-state index is -4.49. The van der Waals surface area contributed by atoms with Gasteiger partial charge in [0.15, 0.2) is 0 Å². The average molecular weight is 256 g/mol. The molecule has 0 radical (unpaired) electrons. The molecule has 1 aromatic rings. The second-order valence-electron chi connectivity index (χ2n) is 3.19. The zero-order valence-electron chi connectivity index (χ0n) is 8.96. The average Bonchev–Trinajstić information content (AvgIpc) is 2.23. The predicted octanol–water partition coefficient (Wildman–Crippen LogP) is 0.188. The van der Waals surface area contributed by atoms with Crippen LogP contribution >= 0.6 is 7.82 Å². The minimum absolute atomic E-state index is 0.188. The van der Waals surface area contributed by atoms with E-state index in [1.807, 2.05) is 0 Å². The first-order valence-corrected chi connectivity index (χ1v) is 6.23. The van der Waals surface area contributed by atoms with E-state index < -0.39 is 7.82 Å². The van der Waals surface area contributed by atoms with Gasteiger partial charge in [-0.1, -0.05) is 17.9 Å². The van der Waals surface area contributed by atoms with Crippen molar-refractivity contribution in [3.8, 4) is 11.8 Å². The van der Waals surface area contributed by atoms with Crippen LogP contribution < -0.4 is 11.5 Å². The molecule has 0 fully saturated rings. The molecular weight excluding hydrogens is 243 g/mol. The molecule has 0 amide bonds. The van der Waals surface area contributed by atoms with Gasteiger partial charge in [0.05, 0.1) is 13.2 Å². The fraction of sp³-hybridized carbons (Fsp3) is 0.200. The highest BCUT2D eigenvalue weighted by molar-refractivity contribution is 7.46. The van der Waals surface area contributed by atoms with Crippen LogP contribution in [0, 0.1) is 11.8 Å². The highest BCUT2D eigenvalue weighted by Crippen LogP contribution is 2.37. The molecule has 0 atom stereocenters. The molecule has 7 heteroatoms. The molecule has 0 unspecified atom stereocenters. The highest BCUT2D eigenvalue weighted by atomic mass is 31.2. The molecule has 0 spiro atoms. The van der Waals surface area contributed by atoms with Crippen LogP contribution in [0.1, 0.15) is 11.1 Å². The van der Waals surface area contributed by atoms with Crippen LogP contribution in [0.15, 0.2) is 18.2 Å². The van der Waals surface area contributed by atoms with E-state index in [0.717, 1.165) is 0 Å². The van der Waals surface area contributed by atoms with Crippen molar-refractivity contribution in [1.29, 1.82) is 0 Å². The smallest absolute Gasteiger partial charge is 0.399 e. The van der Waals surface area contributed by atoms with Crippen LogP contribution in [-0.2, 0) is 15.7 Å². The Labute approximate surface area is 98.8 Å². The fourth-order valence-electron chi connectivity index (χ4n) is 1.14. The van der Waals surface area contributed by atoms with Crippen LogP contribution in [0.5, 0.6) is 0 Å². The number of rotatable bonds is 3. The minimum Gasteiger partial charge on any atom is -0.399 e. The highest BCUT2D eigenvalue weighted by Gasteiger charge is 2.14. The van der Waals surface area contributed by atoms with E-state index in [4.69, 9.17) is 21.3 Å². The number of benzene rings is 1. The van der Waals surface area contributed by atoms with Crippen molar-refractivity contribution in [3.05, 3.63) is 29.3 Å². The summed E-state index contributed by atoms with van der Waals surface area (Å²) in [6.45, 7) is -0.0489. The van der Waals surface area contributed by atoms with Gasteiger partial charge in [0.1, 0.15) is 0 Å². The van der Waals surface area contributed by atoms with E-state index in [0.29, 0.717) is 16.8 Å². The SMILES string of the molecule is NCC#Cc1cc(N)ccc1COP(=O)(O)O. The first-order chi connectivity index (χ1) is 7.92. The summed E-state index contributed by atoms with van der Waals surface area (Å²) < 4.78 is 15.0. The summed E-state index contributed by atoms with van der Waals surface area (Å²) >= 11 is 0. The van der Waals surface area contributed by atoms with E-state index in [-0.39, 0.29) is 13.2 Å². The van der Waals surface area contributed by atoms with Gasteiger partial charge in [-0.3, -0.25) is 4.52 Å². The molecule has 0 saturated heterocycles. The maximum absolute atomic E-state index is 10.6. The molecule has 1 rings (SSSR count). The first-order valence-electron chi connectivity index (χ1n) is 4.70. The molecule has 6 nitrogen and oxygen atoms in total. The van der Waals surface area contributed by atoms with Gasteiger partial charge in [0, 0.05) is 11.3 Å². The maximum atomic E-state index is 10.6. The number of hydrogen-bond donors (Lipinski definition) is 4. The van der Waals surface area contributed by atoms with Crippen LogP contribution in [0.3, 0.4) is 0 Å². The third-order valence-corrected chi connectivity index (χ3v) is 2.31. The Bertz CT molecular complexity index is 501. The predicted molar refractivity (Wildman–Crippen MR) is 63.6 cm³/mol. The van der Waals surface area contributed by atoms with Gasteiger partial charge in [-0.05, 0) is 17.7 Å². The Morgan fingerprint density at radius 2 is 2.12 bits per heavy atom. The number of anilines is 1. The normalized spacial score (nSPS) is 10.8. The number of nitrogens with two attached hydrogens (primary N) is 2. The molecule has 17 heavy (non-hydrogen) atoms. The van der Waals surface area contributed by atoms with Gasteiger partial charge in [0.2, 0.25) is 0 Å². The summed E-state index contributed by atoms with van der Waals surface area (Å²) in [6.07, 6.45) is 0. The Hall–Kier alpha value is -1.35. The zero-order chi connectivity index (χ0) is 12.9. The Morgan fingerprint density at radius 1 is 1.41 bits per heavy atom. The Balaban J connectivity index is 2.94. The molecule has 0 aliphatic carbocycles. The Kier molecular flexibility index (Phi) is 4.70. The molecule has 0 aliphatic rings. The monoisotopic (exact) mass is 256 g/mol. The quantitative estimate of drug-likeness (QED) is 0.348. The van der Waals surface area contributed by atoms with Crippen LogP contribution in [0.4, 0.5) is 5.69 Å². The second kappa shape index (κ2) is 5.82. The summed E-state index contributed by atoms with van der Waals surface area (Å²) in [4.78, 5) is 17.2. The van der Waals surface area contributed by atoms with Gasteiger partial charge < -0.3 is 21.3 Å². The lowest BCUT2D eigenvalue weighted by Gasteiger charge is -2.07. The van der Waals surface area contributed by atoms with Gasteiger partial charge in [-0.15, -0.1) is 0 Å². The molecule has 0 saturated carbocycles. The lowest BCUT2D eigenvalue weighted by atomic mass is 10.1. The number of phosphoric acid groups is 1. The molecule has 1 aromatic carbocycles. The first kappa shape index (κ1) is 13.7. The molecule has 0 heterocycles. The topological polar surface area (TPSA) is 119 Å². The number of phosphoric ester groups is 1. The maximum Gasteiger partial charge on any atom is 0.469 e. The summed E-state index contributed by atoms with van der Waals surface area (Å²) in [6, 6.07) is 4.80. The van der Waals surface area contributed by atoms with Gasteiger partial charge in [0.25, 0.3) is 0 Å². The second-order valence-corrected chi connectivity index (χ2v) is 4.43. The van der Waals surface area contributed by atoms with Crippen molar-refractivity contribution >= 4 is 13.5 Å². The van der Waals surface area contributed by atoms with E-state index in [2.05, 4.69) is 16.4 Å². The molecule has 0 aliphatic heterocycles. The van der Waals surface area contributed by atoms with E-state index in [1.54, 1.807) is 18.2 Å². The van der Waals surface area contributed by atoms with Crippen molar-refractivity contribution in [1.82, 2.24) is 0 Å². The molecule has 6 N–H and O–H groups in total. The molecule has 0 bridgehead atoms. The van der Waals surface area contributed by atoms with E-state index in [9.17, 15) is 4.57 Å². The van der Waals surface area contributed by atoms with E-state index in [1.165, 1.54) is 0 Å². The van der Waals surface area contributed by atoms with Crippen LogP contribution in [0.25, 0.3) is 0 Å². The van der Waals surface area contributed by atoms with E-state index >= 15 is 0 Å². The van der Waals surface area contributed by atoms with Crippen molar-refractivity contribution in [2.45, 2.75) is 6.61 Å². The van der Waals surface area contributed by atoms with Crippen molar-refractivity contribution in [2.75, 3.05) is 12.3 Å². The van der Waals surface area contributed by atoms with Gasteiger partial charge in [-0.2, -0.15) is 0 Å². The lowest BCUT2D eigenvalue weighted by molar-refractivity contribution is 0.189. The third kappa shape index (κ3) is 5.00. The Morgan fingerprint density at radius 3 is 2.71 bits per heavy atom. The number of nitrogen functional groups attached to an aromatic ring is 1. The number of hydrogen-bond acceptors (Lipinski definition) is 4. The largest absolute Gasteiger partial charge is 0.469 e. The third-order valence-electron chi connectivity index (χ3n) is 1.85. The van der Waals surface area contributed by atoms with Crippen LogP contribution in [-0.4, -0.2) is 16.3 Å². The summed E-state index contributed by atoms with van der Waals surface area (Å²) in [5.41, 5.74) is 12.4. The molecule has 0 aromatic heterocycles. The lowest BCUT2D eigenvalue weighted by Crippen LogP contribution is -1.98. The van der Waals surface area contributed by atoms with Gasteiger partial charge >= 0.3 is 7.82 Å².